The van der Waals surface area contributed by atoms with E-state index in [0.29, 0.717) is 18.1 Å². The molecule has 4 atom stereocenters. The maximum atomic E-state index is 9.57. The summed E-state index contributed by atoms with van der Waals surface area (Å²) >= 11 is 0. The molecule has 0 spiro atoms. The van der Waals surface area contributed by atoms with Crippen LogP contribution < -0.4 is 5.32 Å². The molecular weight excluding hydrogens is 164 g/mol. The van der Waals surface area contributed by atoms with Crippen LogP contribution in [0.1, 0.15) is 26.7 Å². The first kappa shape index (κ1) is 9.44. The zero-order valence-corrected chi connectivity index (χ0v) is 8.53. The Kier molecular flexibility index (Phi) is 2.58. The molecule has 0 amide bonds. The van der Waals surface area contributed by atoms with Crippen molar-refractivity contribution >= 4 is 0 Å². The number of rotatable bonds is 1. The fraction of sp³-hybridized carbons (Fsp3) is 1.00. The normalized spacial score (nSPS) is 47.3. The van der Waals surface area contributed by atoms with Gasteiger partial charge in [-0.05, 0) is 26.7 Å². The van der Waals surface area contributed by atoms with E-state index >= 15 is 0 Å². The highest BCUT2D eigenvalue weighted by molar-refractivity contribution is 4.93. The third-order valence-corrected chi connectivity index (χ3v) is 3.26. The van der Waals surface area contributed by atoms with Gasteiger partial charge >= 0.3 is 0 Å². The number of hydrogen-bond donors (Lipinski definition) is 2. The van der Waals surface area contributed by atoms with Gasteiger partial charge in [0.15, 0.2) is 0 Å². The van der Waals surface area contributed by atoms with Gasteiger partial charge in [0.2, 0.25) is 0 Å². The van der Waals surface area contributed by atoms with E-state index in [1.165, 1.54) is 6.42 Å². The van der Waals surface area contributed by atoms with Gasteiger partial charge in [0.1, 0.15) is 0 Å². The first-order chi connectivity index (χ1) is 6.16. The molecule has 0 bridgehead atoms. The van der Waals surface area contributed by atoms with E-state index in [1.807, 2.05) is 0 Å². The van der Waals surface area contributed by atoms with E-state index in [1.54, 1.807) is 0 Å². The molecular formula is C10H20N2O. The van der Waals surface area contributed by atoms with Crippen molar-refractivity contribution in [2.45, 2.75) is 50.9 Å². The first-order valence-electron chi connectivity index (χ1n) is 5.35. The SMILES string of the molecule is CC1CN([C@H]2CC[C@@H]2O)CC(C)N1. The summed E-state index contributed by atoms with van der Waals surface area (Å²) in [6.07, 6.45) is 2.12. The summed E-state index contributed by atoms with van der Waals surface area (Å²) in [6, 6.07) is 1.58. The maximum Gasteiger partial charge on any atom is 0.0696 e. The van der Waals surface area contributed by atoms with Gasteiger partial charge in [-0.25, -0.2) is 0 Å². The van der Waals surface area contributed by atoms with Gasteiger partial charge in [0.05, 0.1) is 6.10 Å². The van der Waals surface area contributed by atoms with Crippen LogP contribution in [0, 0.1) is 0 Å². The Labute approximate surface area is 80.1 Å². The van der Waals surface area contributed by atoms with E-state index in [0.717, 1.165) is 19.5 Å². The zero-order valence-electron chi connectivity index (χ0n) is 8.53. The molecule has 0 aromatic heterocycles. The number of piperazine rings is 1. The summed E-state index contributed by atoms with van der Waals surface area (Å²) in [4.78, 5) is 2.44. The van der Waals surface area contributed by atoms with Crippen LogP contribution in [0.2, 0.25) is 0 Å². The number of aliphatic hydroxyl groups excluding tert-OH is 1. The molecule has 76 valence electrons. The molecule has 2 unspecified atom stereocenters. The summed E-state index contributed by atoms with van der Waals surface area (Å²) < 4.78 is 0. The van der Waals surface area contributed by atoms with Gasteiger partial charge in [-0.2, -0.15) is 0 Å². The predicted molar refractivity (Wildman–Crippen MR) is 52.7 cm³/mol. The fourth-order valence-corrected chi connectivity index (χ4v) is 2.53. The lowest BCUT2D eigenvalue weighted by molar-refractivity contribution is -0.0363. The van der Waals surface area contributed by atoms with Gasteiger partial charge < -0.3 is 10.4 Å². The van der Waals surface area contributed by atoms with Crippen molar-refractivity contribution in [1.29, 1.82) is 0 Å². The predicted octanol–water partition coefficient (Wildman–Crippen LogP) is 0.192. The Morgan fingerprint density at radius 3 is 2.15 bits per heavy atom. The van der Waals surface area contributed by atoms with Crippen molar-refractivity contribution in [3.05, 3.63) is 0 Å². The molecule has 0 radical (unpaired) electrons. The fourth-order valence-electron chi connectivity index (χ4n) is 2.53. The van der Waals surface area contributed by atoms with E-state index < -0.39 is 0 Å². The van der Waals surface area contributed by atoms with Crippen molar-refractivity contribution in [3.8, 4) is 0 Å². The largest absolute Gasteiger partial charge is 0.391 e. The molecule has 2 N–H and O–H groups in total. The smallest absolute Gasteiger partial charge is 0.0696 e. The minimum atomic E-state index is -0.0579. The Morgan fingerprint density at radius 2 is 1.77 bits per heavy atom. The topological polar surface area (TPSA) is 35.5 Å². The van der Waals surface area contributed by atoms with Crippen LogP contribution >= 0.6 is 0 Å². The lowest BCUT2D eigenvalue weighted by atomic mass is 9.86. The zero-order chi connectivity index (χ0) is 9.42. The molecule has 1 saturated heterocycles. The van der Waals surface area contributed by atoms with Gasteiger partial charge in [-0.1, -0.05) is 0 Å². The van der Waals surface area contributed by atoms with Crippen LogP contribution in [-0.4, -0.2) is 47.3 Å². The van der Waals surface area contributed by atoms with Crippen molar-refractivity contribution < 1.29 is 5.11 Å². The standard InChI is InChI=1S/C10H20N2O/c1-7-5-12(6-8(2)11-7)9-3-4-10(9)13/h7-11,13H,3-6H2,1-2H3/t7?,8?,9-,10-/m0/s1. The van der Waals surface area contributed by atoms with Crippen LogP contribution in [0.4, 0.5) is 0 Å². The van der Waals surface area contributed by atoms with E-state index in [9.17, 15) is 5.11 Å². The minimum Gasteiger partial charge on any atom is -0.391 e. The number of nitrogens with one attached hydrogen (secondary N) is 1. The third kappa shape index (κ3) is 1.87. The minimum absolute atomic E-state index is 0.0579. The summed E-state index contributed by atoms with van der Waals surface area (Å²) in [6.45, 7) is 6.61. The molecule has 1 aliphatic carbocycles. The summed E-state index contributed by atoms with van der Waals surface area (Å²) in [5, 5.41) is 13.1. The van der Waals surface area contributed by atoms with E-state index in [2.05, 4.69) is 24.1 Å². The highest BCUT2D eigenvalue weighted by atomic mass is 16.3. The average Bonchev–Trinajstić information content (AvgIpc) is 1.99. The molecule has 1 aliphatic heterocycles. The molecule has 13 heavy (non-hydrogen) atoms. The van der Waals surface area contributed by atoms with Gasteiger partial charge in [0.25, 0.3) is 0 Å². The molecule has 1 heterocycles. The van der Waals surface area contributed by atoms with Crippen molar-refractivity contribution in [2.24, 2.45) is 0 Å². The maximum absolute atomic E-state index is 9.57. The van der Waals surface area contributed by atoms with Crippen molar-refractivity contribution in [2.75, 3.05) is 13.1 Å². The monoisotopic (exact) mass is 184 g/mol. The second-order valence-electron chi connectivity index (χ2n) is 4.63. The summed E-state index contributed by atoms with van der Waals surface area (Å²) in [7, 11) is 0. The van der Waals surface area contributed by atoms with Crippen LogP contribution in [0.3, 0.4) is 0 Å². The molecule has 3 heteroatoms. The van der Waals surface area contributed by atoms with Crippen molar-refractivity contribution in [3.63, 3.8) is 0 Å². The summed E-state index contributed by atoms with van der Waals surface area (Å²) in [5.41, 5.74) is 0. The Bertz CT molecular complexity index is 176. The average molecular weight is 184 g/mol. The van der Waals surface area contributed by atoms with Gasteiger partial charge in [-0.3, -0.25) is 4.90 Å². The first-order valence-corrected chi connectivity index (χ1v) is 5.35. The van der Waals surface area contributed by atoms with E-state index in [4.69, 9.17) is 0 Å². The molecule has 0 aromatic carbocycles. The molecule has 2 rings (SSSR count). The lowest BCUT2D eigenvalue weighted by Gasteiger charge is -2.46. The second-order valence-corrected chi connectivity index (χ2v) is 4.63. The molecule has 1 saturated carbocycles. The van der Waals surface area contributed by atoms with Crippen LogP contribution in [0.5, 0.6) is 0 Å². The Balaban J connectivity index is 1.91. The Hall–Kier alpha value is -0.120. The van der Waals surface area contributed by atoms with Crippen molar-refractivity contribution in [1.82, 2.24) is 10.2 Å². The van der Waals surface area contributed by atoms with Crippen LogP contribution in [-0.2, 0) is 0 Å². The highest BCUT2D eigenvalue weighted by Crippen LogP contribution is 2.26. The van der Waals surface area contributed by atoms with E-state index in [-0.39, 0.29) is 6.10 Å². The molecule has 0 aromatic rings. The Morgan fingerprint density at radius 1 is 1.15 bits per heavy atom. The summed E-state index contributed by atoms with van der Waals surface area (Å²) in [5.74, 6) is 0. The van der Waals surface area contributed by atoms with Crippen LogP contribution in [0.15, 0.2) is 0 Å². The molecule has 3 nitrogen and oxygen atoms in total. The van der Waals surface area contributed by atoms with Gasteiger partial charge in [0, 0.05) is 31.2 Å². The lowest BCUT2D eigenvalue weighted by Crippen LogP contribution is -2.61. The molecule has 2 fully saturated rings. The quantitative estimate of drug-likeness (QED) is 0.611. The second kappa shape index (κ2) is 3.56. The molecule has 2 aliphatic rings. The third-order valence-electron chi connectivity index (χ3n) is 3.26. The number of nitrogens with zero attached hydrogens (tertiary/aromatic N) is 1. The number of hydrogen-bond acceptors (Lipinski definition) is 3. The van der Waals surface area contributed by atoms with Crippen LogP contribution in [0.25, 0.3) is 0 Å². The highest BCUT2D eigenvalue weighted by Gasteiger charge is 2.36. The number of aliphatic hydroxyl groups is 1. The van der Waals surface area contributed by atoms with Gasteiger partial charge in [-0.15, -0.1) is 0 Å².